The average molecular weight is 238 g/mol. The maximum Gasteiger partial charge on any atom is 0.241 e. The quantitative estimate of drug-likeness (QED) is 0.673. The fraction of sp³-hybridized carbons (Fsp3) is 0.727. The second kappa shape index (κ2) is 6.21. The van der Waals surface area contributed by atoms with Gasteiger partial charge in [-0.2, -0.15) is 5.26 Å². The highest BCUT2D eigenvalue weighted by Crippen LogP contribution is 2.04. The minimum absolute atomic E-state index is 0.0512. The first-order valence-corrected chi connectivity index (χ1v) is 5.73. The molecular weight excluding hydrogens is 220 g/mol. The lowest BCUT2D eigenvalue weighted by molar-refractivity contribution is -0.136. The Morgan fingerprint density at radius 2 is 2.35 bits per heavy atom. The third kappa shape index (κ3) is 3.71. The SMILES string of the molecule is CC(C)N(CCC#N)C(=O)C1CNC(=O)CN1. The van der Waals surface area contributed by atoms with Crippen LogP contribution in [0.3, 0.4) is 0 Å². The van der Waals surface area contributed by atoms with E-state index >= 15 is 0 Å². The van der Waals surface area contributed by atoms with Gasteiger partial charge in [0.05, 0.1) is 19.0 Å². The molecule has 6 nitrogen and oxygen atoms in total. The van der Waals surface area contributed by atoms with Gasteiger partial charge in [0.25, 0.3) is 0 Å². The topological polar surface area (TPSA) is 85.2 Å². The van der Waals surface area contributed by atoms with Gasteiger partial charge in [-0.15, -0.1) is 0 Å². The van der Waals surface area contributed by atoms with E-state index < -0.39 is 0 Å². The van der Waals surface area contributed by atoms with Crippen LogP contribution in [0, 0.1) is 11.3 Å². The van der Waals surface area contributed by atoms with Crippen molar-refractivity contribution in [3.63, 3.8) is 0 Å². The number of carbonyl (C=O) groups is 2. The van der Waals surface area contributed by atoms with Gasteiger partial charge >= 0.3 is 0 Å². The van der Waals surface area contributed by atoms with Gasteiger partial charge in [0.15, 0.2) is 0 Å². The molecule has 0 spiro atoms. The number of hydrogen-bond acceptors (Lipinski definition) is 4. The van der Waals surface area contributed by atoms with Crippen molar-refractivity contribution in [2.75, 3.05) is 19.6 Å². The van der Waals surface area contributed by atoms with Crippen LogP contribution in [0.4, 0.5) is 0 Å². The van der Waals surface area contributed by atoms with Gasteiger partial charge < -0.3 is 10.2 Å². The van der Waals surface area contributed by atoms with Crippen molar-refractivity contribution in [1.29, 1.82) is 5.26 Å². The number of rotatable bonds is 4. The largest absolute Gasteiger partial charge is 0.353 e. The smallest absolute Gasteiger partial charge is 0.241 e. The summed E-state index contributed by atoms with van der Waals surface area (Å²) in [5, 5.41) is 14.1. The molecule has 0 saturated carbocycles. The van der Waals surface area contributed by atoms with Crippen LogP contribution in [-0.4, -0.2) is 48.4 Å². The maximum atomic E-state index is 12.2. The van der Waals surface area contributed by atoms with E-state index in [4.69, 9.17) is 5.26 Å². The van der Waals surface area contributed by atoms with Gasteiger partial charge in [0, 0.05) is 19.1 Å². The van der Waals surface area contributed by atoms with Crippen LogP contribution in [0.25, 0.3) is 0 Å². The zero-order chi connectivity index (χ0) is 12.8. The fourth-order valence-electron chi connectivity index (χ4n) is 1.73. The van der Waals surface area contributed by atoms with Gasteiger partial charge in [-0.1, -0.05) is 0 Å². The third-order valence-electron chi connectivity index (χ3n) is 2.68. The lowest BCUT2D eigenvalue weighted by atomic mass is 10.1. The molecule has 0 aromatic carbocycles. The molecule has 1 rings (SSSR count). The number of nitriles is 1. The van der Waals surface area contributed by atoms with Crippen molar-refractivity contribution in [2.45, 2.75) is 32.4 Å². The maximum absolute atomic E-state index is 12.2. The number of nitrogens with one attached hydrogen (secondary N) is 2. The Bertz CT molecular complexity index is 325. The molecule has 2 N–H and O–H groups in total. The Balaban J connectivity index is 2.58. The molecule has 17 heavy (non-hydrogen) atoms. The van der Waals surface area contributed by atoms with Gasteiger partial charge in [0.1, 0.15) is 6.04 Å². The van der Waals surface area contributed by atoms with Crippen molar-refractivity contribution >= 4 is 11.8 Å². The Kier molecular flexibility index (Phi) is 4.91. The van der Waals surface area contributed by atoms with Crippen LogP contribution in [0.5, 0.6) is 0 Å². The van der Waals surface area contributed by atoms with Crippen molar-refractivity contribution < 1.29 is 9.59 Å². The molecule has 1 saturated heterocycles. The van der Waals surface area contributed by atoms with E-state index in [0.29, 0.717) is 19.5 Å². The van der Waals surface area contributed by atoms with E-state index in [9.17, 15) is 9.59 Å². The molecule has 1 aliphatic heterocycles. The third-order valence-corrected chi connectivity index (χ3v) is 2.68. The summed E-state index contributed by atoms with van der Waals surface area (Å²) in [6, 6.07) is 1.70. The zero-order valence-corrected chi connectivity index (χ0v) is 10.2. The molecule has 0 bridgehead atoms. The standard InChI is InChI=1S/C11H18N4O2/c1-8(2)15(5-3-4-12)11(17)9-6-14-10(16)7-13-9/h8-9,13H,3,5-7H2,1-2H3,(H,14,16). The van der Waals surface area contributed by atoms with Crippen molar-refractivity contribution in [3.8, 4) is 6.07 Å². The van der Waals surface area contributed by atoms with Crippen LogP contribution in [0.15, 0.2) is 0 Å². The van der Waals surface area contributed by atoms with Crippen molar-refractivity contribution in [1.82, 2.24) is 15.5 Å². The summed E-state index contributed by atoms with van der Waals surface area (Å²) in [4.78, 5) is 24.8. The zero-order valence-electron chi connectivity index (χ0n) is 10.2. The summed E-state index contributed by atoms with van der Waals surface area (Å²) >= 11 is 0. The monoisotopic (exact) mass is 238 g/mol. The summed E-state index contributed by atoms with van der Waals surface area (Å²) in [7, 11) is 0. The van der Waals surface area contributed by atoms with E-state index in [-0.39, 0.29) is 30.4 Å². The average Bonchev–Trinajstić information content (AvgIpc) is 2.29. The van der Waals surface area contributed by atoms with Gasteiger partial charge in [-0.05, 0) is 13.8 Å². The molecule has 1 unspecified atom stereocenters. The minimum atomic E-state index is -0.381. The molecule has 0 aliphatic carbocycles. The first-order valence-electron chi connectivity index (χ1n) is 5.73. The number of nitrogens with zero attached hydrogens (tertiary/aromatic N) is 2. The highest BCUT2D eigenvalue weighted by atomic mass is 16.2. The molecule has 2 amide bonds. The van der Waals surface area contributed by atoms with Crippen LogP contribution < -0.4 is 10.6 Å². The van der Waals surface area contributed by atoms with Crippen LogP contribution in [-0.2, 0) is 9.59 Å². The molecule has 0 aromatic heterocycles. The highest BCUT2D eigenvalue weighted by molar-refractivity contribution is 5.87. The number of hydrogen-bond donors (Lipinski definition) is 2. The molecule has 1 atom stereocenters. The Labute approximate surface area is 101 Å². The van der Waals surface area contributed by atoms with Crippen molar-refractivity contribution in [2.24, 2.45) is 0 Å². The first-order chi connectivity index (χ1) is 8.06. The molecule has 1 heterocycles. The fourth-order valence-corrected chi connectivity index (χ4v) is 1.73. The van der Waals surface area contributed by atoms with Crippen LogP contribution in [0.2, 0.25) is 0 Å². The van der Waals surface area contributed by atoms with E-state index in [2.05, 4.69) is 10.6 Å². The number of piperazine rings is 1. The van der Waals surface area contributed by atoms with Crippen molar-refractivity contribution in [3.05, 3.63) is 0 Å². The van der Waals surface area contributed by atoms with Crippen LogP contribution in [0.1, 0.15) is 20.3 Å². The van der Waals surface area contributed by atoms with E-state index in [1.54, 1.807) is 4.90 Å². The second-order valence-corrected chi connectivity index (χ2v) is 4.27. The molecule has 0 radical (unpaired) electrons. The second-order valence-electron chi connectivity index (χ2n) is 4.27. The minimum Gasteiger partial charge on any atom is -0.353 e. The molecule has 1 aliphatic rings. The molecule has 1 fully saturated rings. The van der Waals surface area contributed by atoms with Gasteiger partial charge in [-0.25, -0.2) is 0 Å². The normalized spacial score (nSPS) is 19.6. The van der Waals surface area contributed by atoms with Crippen LogP contribution >= 0.6 is 0 Å². The molecule has 94 valence electrons. The summed E-state index contributed by atoms with van der Waals surface area (Å²) < 4.78 is 0. The Hall–Kier alpha value is -1.61. The number of amides is 2. The molecular formula is C11H18N4O2. The Morgan fingerprint density at radius 1 is 1.65 bits per heavy atom. The summed E-state index contributed by atoms with van der Waals surface area (Å²) in [5.74, 6) is -0.155. The lowest BCUT2D eigenvalue weighted by Gasteiger charge is -2.32. The summed E-state index contributed by atoms with van der Waals surface area (Å²) in [6.45, 7) is 4.74. The lowest BCUT2D eigenvalue weighted by Crippen LogP contribution is -2.59. The summed E-state index contributed by atoms with van der Waals surface area (Å²) in [5.41, 5.74) is 0. The first kappa shape index (κ1) is 13.5. The predicted octanol–water partition coefficient (Wildman–Crippen LogP) is -0.775. The predicted molar refractivity (Wildman–Crippen MR) is 61.9 cm³/mol. The number of carbonyl (C=O) groups excluding carboxylic acids is 2. The molecule has 0 aromatic rings. The molecule has 6 heteroatoms. The van der Waals surface area contributed by atoms with E-state index in [0.717, 1.165) is 0 Å². The Morgan fingerprint density at radius 3 is 2.82 bits per heavy atom. The van der Waals surface area contributed by atoms with E-state index in [1.165, 1.54) is 0 Å². The van der Waals surface area contributed by atoms with Gasteiger partial charge in [-0.3, -0.25) is 14.9 Å². The summed E-state index contributed by atoms with van der Waals surface area (Å²) in [6.07, 6.45) is 0.322. The van der Waals surface area contributed by atoms with Gasteiger partial charge in [0.2, 0.25) is 11.8 Å². The highest BCUT2D eigenvalue weighted by Gasteiger charge is 2.28. The van der Waals surface area contributed by atoms with E-state index in [1.807, 2.05) is 19.9 Å².